The molecule has 0 aromatic carbocycles. The number of hydrogen-bond acceptors (Lipinski definition) is 3. The first-order chi connectivity index (χ1) is 6.84. The van der Waals surface area contributed by atoms with Gasteiger partial charge in [-0.15, -0.1) is 0 Å². The van der Waals surface area contributed by atoms with Crippen LogP contribution in [0.1, 0.15) is 36.7 Å². The van der Waals surface area contributed by atoms with Crippen LogP contribution in [0.15, 0.2) is 22.8 Å². The van der Waals surface area contributed by atoms with Crippen LogP contribution in [0, 0.1) is 0 Å². The summed E-state index contributed by atoms with van der Waals surface area (Å²) < 4.78 is 4.92. The second-order valence-corrected chi connectivity index (χ2v) is 3.07. The highest BCUT2D eigenvalue weighted by atomic mass is 16.3. The molecule has 4 heteroatoms. The Balaban J connectivity index is 2.10. The fraction of sp³-hybridized carbons (Fsp3) is 0.500. The summed E-state index contributed by atoms with van der Waals surface area (Å²) in [5.74, 6) is 0.0967. The van der Waals surface area contributed by atoms with Gasteiger partial charge in [0.05, 0.1) is 6.26 Å². The van der Waals surface area contributed by atoms with Crippen LogP contribution in [0.3, 0.4) is 0 Å². The van der Waals surface area contributed by atoms with E-state index < -0.39 is 0 Å². The van der Waals surface area contributed by atoms with Gasteiger partial charge in [0.2, 0.25) is 0 Å². The summed E-state index contributed by atoms with van der Waals surface area (Å²) >= 11 is 0. The summed E-state index contributed by atoms with van der Waals surface area (Å²) in [5.41, 5.74) is 5.41. The molecule has 0 bridgehead atoms. The lowest BCUT2D eigenvalue weighted by molar-refractivity contribution is 0.0905. The molecule has 78 valence electrons. The van der Waals surface area contributed by atoms with E-state index in [0.717, 1.165) is 13.0 Å². The minimum atomic E-state index is -0.230. The summed E-state index contributed by atoms with van der Waals surface area (Å²) in [6.45, 7) is 2.93. The van der Waals surface area contributed by atoms with E-state index in [2.05, 4.69) is 17.8 Å². The quantitative estimate of drug-likeness (QED) is 0.538. The molecule has 1 amide bonds. The molecule has 0 fully saturated rings. The highest BCUT2D eigenvalue weighted by Crippen LogP contribution is 1.98. The van der Waals surface area contributed by atoms with Crippen molar-refractivity contribution in [3.63, 3.8) is 0 Å². The van der Waals surface area contributed by atoms with Gasteiger partial charge >= 0.3 is 5.91 Å². The van der Waals surface area contributed by atoms with Crippen molar-refractivity contribution in [3.8, 4) is 0 Å². The zero-order valence-corrected chi connectivity index (χ0v) is 8.38. The Hall–Kier alpha value is -1.29. The smallest absolute Gasteiger partial charge is 0.301 e. The third-order valence-corrected chi connectivity index (χ3v) is 1.85. The molecule has 0 aliphatic heterocycles. The number of unbranched alkanes of at least 4 members (excludes halogenated alkanes) is 2. The van der Waals surface area contributed by atoms with Gasteiger partial charge in [-0.3, -0.25) is 10.2 Å². The summed E-state index contributed by atoms with van der Waals surface area (Å²) in [6, 6.07) is 3.31. The van der Waals surface area contributed by atoms with Crippen LogP contribution in [0.4, 0.5) is 0 Å². The van der Waals surface area contributed by atoms with Crippen molar-refractivity contribution in [3.05, 3.63) is 24.2 Å². The number of hydrogen-bond donors (Lipinski definition) is 2. The molecule has 1 rings (SSSR count). The number of carbonyl (C=O) groups is 1. The van der Waals surface area contributed by atoms with Gasteiger partial charge in [0.25, 0.3) is 0 Å². The molecule has 14 heavy (non-hydrogen) atoms. The second-order valence-electron chi connectivity index (χ2n) is 3.07. The van der Waals surface area contributed by atoms with Gasteiger partial charge in [-0.05, 0) is 18.6 Å². The molecule has 0 saturated heterocycles. The molecular formula is C10H16N2O2. The first-order valence-electron chi connectivity index (χ1n) is 4.91. The molecule has 0 spiro atoms. The van der Waals surface area contributed by atoms with Crippen molar-refractivity contribution in [2.75, 3.05) is 6.54 Å². The zero-order chi connectivity index (χ0) is 10.2. The lowest BCUT2D eigenvalue weighted by atomic mass is 10.2. The van der Waals surface area contributed by atoms with Crippen molar-refractivity contribution in [1.82, 2.24) is 10.9 Å². The summed E-state index contributed by atoms with van der Waals surface area (Å²) in [4.78, 5) is 11.3. The van der Waals surface area contributed by atoms with E-state index >= 15 is 0 Å². The van der Waals surface area contributed by atoms with Gasteiger partial charge in [-0.25, -0.2) is 5.43 Å². The Bertz CT molecular complexity index is 257. The third-order valence-electron chi connectivity index (χ3n) is 1.85. The standard InChI is InChI=1S/C10H16N2O2/c1-2-3-4-7-11-12-10(13)9-6-5-8-14-9/h5-6,8,11H,2-4,7H2,1H3,(H,12,13). The fourth-order valence-electron chi connectivity index (χ4n) is 1.08. The Morgan fingerprint density at radius 2 is 2.36 bits per heavy atom. The largest absolute Gasteiger partial charge is 0.459 e. The molecule has 0 radical (unpaired) electrons. The number of amides is 1. The van der Waals surface area contributed by atoms with Gasteiger partial charge in [0.15, 0.2) is 5.76 Å². The topological polar surface area (TPSA) is 54.3 Å². The normalized spacial score (nSPS) is 10.1. The van der Waals surface area contributed by atoms with Crippen molar-refractivity contribution in [2.45, 2.75) is 26.2 Å². The molecule has 0 aliphatic carbocycles. The van der Waals surface area contributed by atoms with Gasteiger partial charge in [-0.2, -0.15) is 0 Å². The van der Waals surface area contributed by atoms with Crippen molar-refractivity contribution >= 4 is 5.91 Å². The van der Waals surface area contributed by atoms with Gasteiger partial charge in [0, 0.05) is 6.54 Å². The average Bonchev–Trinajstić information content (AvgIpc) is 2.70. The lowest BCUT2D eigenvalue weighted by Crippen LogP contribution is -2.37. The van der Waals surface area contributed by atoms with E-state index in [0.29, 0.717) is 5.76 Å². The summed E-state index contributed by atoms with van der Waals surface area (Å²) in [6.07, 6.45) is 4.89. The van der Waals surface area contributed by atoms with Crippen molar-refractivity contribution < 1.29 is 9.21 Å². The van der Waals surface area contributed by atoms with E-state index in [1.54, 1.807) is 12.1 Å². The second kappa shape index (κ2) is 6.21. The van der Waals surface area contributed by atoms with Gasteiger partial charge in [-0.1, -0.05) is 19.8 Å². The Morgan fingerprint density at radius 3 is 3.00 bits per heavy atom. The minimum absolute atomic E-state index is 0.230. The van der Waals surface area contributed by atoms with E-state index in [1.807, 2.05) is 0 Å². The van der Waals surface area contributed by atoms with Crippen LogP contribution >= 0.6 is 0 Å². The molecule has 0 unspecified atom stereocenters. The highest BCUT2D eigenvalue weighted by molar-refractivity contribution is 5.90. The summed E-state index contributed by atoms with van der Waals surface area (Å²) in [5, 5.41) is 0. The number of hydrazine groups is 1. The van der Waals surface area contributed by atoms with Crippen LogP contribution in [-0.2, 0) is 0 Å². The number of nitrogens with one attached hydrogen (secondary N) is 2. The maximum atomic E-state index is 11.3. The molecule has 1 aromatic rings. The van der Waals surface area contributed by atoms with Crippen LogP contribution in [-0.4, -0.2) is 12.5 Å². The molecule has 1 aromatic heterocycles. The third kappa shape index (κ3) is 3.62. The number of rotatable bonds is 6. The first kappa shape index (κ1) is 10.8. The predicted octanol–water partition coefficient (Wildman–Crippen LogP) is 1.70. The van der Waals surface area contributed by atoms with Crippen molar-refractivity contribution in [2.24, 2.45) is 0 Å². The predicted molar refractivity (Wildman–Crippen MR) is 53.7 cm³/mol. The van der Waals surface area contributed by atoms with E-state index in [1.165, 1.54) is 19.1 Å². The highest BCUT2D eigenvalue weighted by Gasteiger charge is 2.05. The van der Waals surface area contributed by atoms with Crippen LogP contribution in [0.2, 0.25) is 0 Å². The van der Waals surface area contributed by atoms with E-state index in [9.17, 15) is 4.79 Å². The van der Waals surface area contributed by atoms with Crippen LogP contribution in [0.5, 0.6) is 0 Å². The minimum Gasteiger partial charge on any atom is -0.459 e. The van der Waals surface area contributed by atoms with Gasteiger partial charge in [0.1, 0.15) is 0 Å². The molecule has 0 saturated carbocycles. The average molecular weight is 196 g/mol. The molecule has 0 aliphatic rings. The molecule has 1 heterocycles. The maximum absolute atomic E-state index is 11.3. The van der Waals surface area contributed by atoms with Crippen LogP contribution in [0.25, 0.3) is 0 Å². The van der Waals surface area contributed by atoms with E-state index in [-0.39, 0.29) is 5.91 Å². The maximum Gasteiger partial charge on any atom is 0.301 e. The molecule has 4 nitrogen and oxygen atoms in total. The molecule has 0 atom stereocenters. The lowest BCUT2D eigenvalue weighted by Gasteiger charge is -2.04. The van der Waals surface area contributed by atoms with Crippen molar-refractivity contribution in [1.29, 1.82) is 0 Å². The number of carbonyl (C=O) groups excluding carboxylic acids is 1. The van der Waals surface area contributed by atoms with E-state index in [4.69, 9.17) is 4.42 Å². The Labute approximate surface area is 83.6 Å². The zero-order valence-electron chi connectivity index (χ0n) is 8.38. The molecule has 2 N–H and O–H groups in total. The molecular weight excluding hydrogens is 180 g/mol. The Kier molecular flexibility index (Phi) is 4.78. The summed E-state index contributed by atoms with van der Waals surface area (Å²) in [7, 11) is 0. The monoisotopic (exact) mass is 196 g/mol. The SMILES string of the molecule is CCCCCNNC(=O)c1ccco1. The first-order valence-corrected chi connectivity index (χ1v) is 4.91. The fourth-order valence-corrected chi connectivity index (χ4v) is 1.08. The van der Waals surface area contributed by atoms with Gasteiger partial charge < -0.3 is 4.42 Å². The number of furan rings is 1. The van der Waals surface area contributed by atoms with Crippen LogP contribution < -0.4 is 10.9 Å². The Morgan fingerprint density at radius 1 is 1.50 bits per heavy atom.